The molecular formula is C14H20N4O7S. The normalized spacial score (nSPS) is 11.5. The number of rotatable bonds is 10. The summed E-state index contributed by atoms with van der Waals surface area (Å²) >= 11 is 0. The second kappa shape index (κ2) is 9.08. The van der Waals surface area contributed by atoms with E-state index in [-0.39, 0.29) is 5.69 Å². The van der Waals surface area contributed by atoms with Gasteiger partial charge >= 0.3 is 11.4 Å². The van der Waals surface area contributed by atoms with Crippen molar-refractivity contribution in [3.8, 4) is 0 Å². The minimum absolute atomic E-state index is 0.210. The molecule has 0 saturated heterocycles. The van der Waals surface area contributed by atoms with Gasteiger partial charge in [0.1, 0.15) is 4.90 Å². The molecule has 144 valence electrons. The van der Waals surface area contributed by atoms with Crippen molar-refractivity contribution >= 4 is 33.5 Å². The monoisotopic (exact) mass is 388 g/mol. The first-order valence-electron chi connectivity index (χ1n) is 7.72. The van der Waals surface area contributed by atoms with Crippen LogP contribution in [0.1, 0.15) is 26.7 Å². The van der Waals surface area contributed by atoms with Gasteiger partial charge in [0.05, 0.1) is 17.0 Å². The average Bonchev–Trinajstić information content (AvgIpc) is 2.58. The Kier molecular flexibility index (Phi) is 7.43. The molecule has 1 aromatic carbocycles. The van der Waals surface area contributed by atoms with E-state index >= 15 is 0 Å². The van der Waals surface area contributed by atoms with Crippen molar-refractivity contribution < 1.29 is 23.0 Å². The smallest absolute Gasteiger partial charge is 0.301 e. The number of hydrogen-bond acceptors (Lipinski definition) is 8. The number of nitrogens with zero attached hydrogens (tertiary/aromatic N) is 4. The van der Waals surface area contributed by atoms with Crippen molar-refractivity contribution in [1.29, 1.82) is 0 Å². The molecule has 0 aliphatic rings. The van der Waals surface area contributed by atoms with Crippen molar-refractivity contribution in [2.75, 3.05) is 25.1 Å². The minimum atomic E-state index is -4.38. The van der Waals surface area contributed by atoms with Gasteiger partial charge < -0.3 is 9.64 Å². The summed E-state index contributed by atoms with van der Waals surface area (Å²) in [6.45, 7) is 4.37. The maximum atomic E-state index is 12.1. The molecule has 0 aliphatic carbocycles. The highest BCUT2D eigenvalue weighted by Crippen LogP contribution is 2.40. The fourth-order valence-electron chi connectivity index (χ4n) is 2.37. The summed E-state index contributed by atoms with van der Waals surface area (Å²) in [5.41, 5.74) is -1.53. The van der Waals surface area contributed by atoms with Gasteiger partial charge in [-0.15, -0.1) is 4.40 Å². The summed E-state index contributed by atoms with van der Waals surface area (Å²) in [6.07, 6.45) is 1.83. The van der Waals surface area contributed by atoms with Crippen molar-refractivity contribution in [1.82, 2.24) is 0 Å². The van der Waals surface area contributed by atoms with Crippen LogP contribution < -0.4 is 4.90 Å². The number of benzene rings is 1. The Morgan fingerprint density at radius 1 is 1.12 bits per heavy atom. The highest BCUT2D eigenvalue weighted by molar-refractivity contribution is 7.90. The highest BCUT2D eigenvalue weighted by atomic mass is 32.2. The van der Waals surface area contributed by atoms with E-state index < -0.39 is 36.1 Å². The van der Waals surface area contributed by atoms with E-state index in [9.17, 15) is 28.6 Å². The Morgan fingerprint density at radius 3 is 1.92 bits per heavy atom. The molecule has 0 bridgehead atoms. The summed E-state index contributed by atoms with van der Waals surface area (Å²) < 4.78 is 31.9. The molecule has 0 radical (unpaired) electrons. The molecule has 0 N–H and O–H groups in total. The first-order valence-corrected chi connectivity index (χ1v) is 9.16. The summed E-state index contributed by atoms with van der Waals surface area (Å²) in [6, 6.07) is 1.56. The van der Waals surface area contributed by atoms with Crippen LogP contribution in [-0.4, -0.2) is 44.9 Å². The summed E-state index contributed by atoms with van der Waals surface area (Å²) in [4.78, 5) is 22.2. The number of nitro benzene ring substituents is 2. The van der Waals surface area contributed by atoms with Crippen LogP contribution in [0.5, 0.6) is 0 Å². The van der Waals surface area contributed by atoms with Crippen molar-refractivity contribution in [2.24, 2.45) is 4.40 Å². The molecular weight excluding hydrogens is 368 g/mol. The van der Waals surface area contributed by atoms with E-state index in [1.54, 1.807) is 0 Å². The maximum Gasteiger partial charge on any atom is 0.301 e. The lowest BCUT2D eigenvalue weighted by Gasteiger charge is -2.23. The Labute approximate surface area is 150 Å². The highest BCUT2D eigenvalue weighted by Gasteiger charge is 2.33. The van der Waals surface area contributed by atoms with Crippen molar-refractivity contribution in [3.05, 3.63) is 32.4 Å². The van der Waals surface area contributed by atoms with Crippen LogP contribution in [0.3, 0.4) is 0 Å². The fraction of sp³-hybridized carbons (Fsp3) is 0.500. The third kappa shape index (κ3) is 4.88. The van der Waals surface area contributed by atoms with Crippen LogP contribution in [-0.2, 0) is 14.8 Å². The lowest BCUT2D eigenvalue weighted by atomic mass is 10.2. The number of ether oxygens (including phenoxy) is 1. The van der Waals surface area contributed by atoms with Gasteiger partial charge in [0.2, 0.25) is 0 Å². The average molecular weight is 388 g/mol. The van der Waals surface area contributed by atoms with Gasteiger partial charge in [-0.05, 0) is 12.8 Å². The van der Waals surface area contributed by atoms with Gasteiger partial charge in [-0.25, -0.2) is 0 Å². The predicted octanol–water partition coefficient (Wildman–Crippen LogP) is 2.49. The Bertz CT molecular complexity index is 767. The van der Waals surface area contributed by atoms with Gasteiger partial charge in [-0.3, -0.25) is 20.2 Å². The second-order valence-corrected chi connectivity index (χ2v) is 6.87. The zero-order valence-corrected chi connectivity index (χ0v) is 15.4. The quantitative estimate of drug-likeness (QED) is 0.257. The SMILES string of the molecule is CCCN(CCC)c1c([N+](=O)[O-])cc(S(=O)(=O)N=COC)cc1[N+](=O)[O-]. The maximum absolute atomic E-state index is 12.1. The number of hydrogen-bond donors (Lipinski definition) is 0. The van der Waals surface area contributed by atoms with Crippen molar-refractivity contribution in [3.63, 3.8) is 0 Å². The number of sulfonamides is 1. The third-order valence-corrected chi connectivity index (χ3v) is 4.52. The third-order valence-electron chi connectivity index (χ3n) is 3.32. The van der Waals surface area contributed by atoms with E-state index in [4.69, 9.17) is 0 Å². The van der Waals surface area contributed by atoms with Gasteiger partial charge in [0, 0.05) is 25.2 Å². The van der Waals surface area contributed by atoms with E-state index in [2.05, 4.69) is 9.13 Å². The minimum Gasteiger partial charge on any atom is -0.486 e. The van der Waals surface area contributed by atoms with Crippen LogP contribution in [0, 0.1) is 20.2 Å². The molecule has 11 nitrogen and oxygen atoms in total. The first-order chi connectivity index (χ1) is 12.2. The first kappa shape index (κ1) is 21.3. The molecule has 0 amide bonds. The molecule has 12 heteroatoms. The summed E-state index contributed by atoms with van der Waals surface area (Å²) in [5, 5.41) is 23.0. The van der Waals surface area contributed by atoms with Gasteiger partial charge in [0.25, 0.3) is 10.0 Å². The second-order valence-electron chi connectivity index (χ2n) is 5.23. The molecule has 1 aromatic rings. The standard InChI is InChI=1S/C14H20N4O7S/c1-4-6-16(7-5-2)14-12(17(19)20)8-11(9-13(14)18(21)22)26(23,24)15-10-25-3/h8-10H,4-7H2,1-3H3. The fourth-order valence-corrected chi connectivity index (χ4v) is 3.21. The predicted molar refractivity (Wildman–Crippen MR) is 95.2 cm³/mol. The van der Waals surface area contributed by atoms with E-state index in [1.807, 2.05) is 13.8 Å². The zero-order valence-electron chi connectivity index (χ0n) is 14.6. The summed E-state index contributed by atoms with van der Waals surface area (Å²) in [5.74, 6) is 0. The molecule has 0 atom stereocenters. The lowest BCUT2D eigenvalue weighted by Crippen LogP contribution is -2.26. The topological polar surface area (TPSA) is 145 Å². The molecule has 0 spiro atoms. The number of nitro groups is 2. The van der Waals surface area contributed by atoms with Gasteiger partial charge in [-0.2, -0.15) is 8.42 Å². The van der Waals surface area contributed by atoms with Crippen LogP contribution in [0.15, 0.2) is 21.4 Å². The molecule has 0 unspecified atom stereocenters. The lowest BCUT2D eigenvalue weighted by molar-refractivity contribution is -0.393. The van der Waals surface area contributed by atoms with Crippen LogP contribution in [0.2, 0.25) is 0 Å². The summed E-state index contributed by atoms with van der Waals surface area (Å²) in [7, 11) is -3.22. The Balaban J connectivity index is 3.78. The van der Waals surface area contributed by atoms with E-state index in [0.717, 1.165) is 12.1 Å². The van der Waals surface area contributed by atoms with E-state index in [0.29, 0.717) is 32.3 Å². The molecule has 0 aliphatic heterocycles. The number of anilines is 1. The molecule has 0 aromatic heterocycles. The molecule has 0 heterocycles. The molecule has 1 rings (SSSR count). The zero-order chi connectivity index (χ0) is 19.9. The molecule has 0 fully saturated rings. The number of methoxy groups -OCH3 is 1. The Morgan fingerprint density at radius 2 is 1.58 bits per heavy atom. The molecule has 26 heavy (non-hydrogen) atoms. The van der Waals surface area contributed by atoms with Gasteiger partial charge in [-0.1, -0.05) is 13.8 Å². The Hall–Kier alpha value is -2.76. The molecule has 0 saturated carbocycles. The van der Waals surface area contributed by atoms with Crippen LogP contribution in [0.4, 0.5) is 17.1 Å². The van der Waals surface area contributed by atoms with Crippen LogP contribution in [0.25, 0.3) is 0 Å². The largest absolute Gasteiger partial charge is 0.486 e. The van der Waals surface area contributed by atoms with Crippen LogP contribution >= 0.6 is 0 Å². The van der Waals surface area contributed by atoms with Gasteiger partial charge in [0.15, 0.2) is 12.1 Å². The van der Waals surface area contributed by atoms with E-state index in [1.165, 1.54) is 12.0 Å². The van der Waals surface area contributed by atoms with Crippen molar-refractivity contribution in [2.45, 2.75) is 31.6 Å².